The standard InChI is InChI=1S/C15H32N4/c1-4-19(5-2)9-8-17-15(12-16)10-13-6-7-14(11-15)18(13)3/h13-14,17H,4-12,16H2,1-3H3. The first kappa shape index (κ1) is 15.2. The molecular formula is C15H32N4. The molecule has 0 saturated carbocycles. The maximum absolute atomic E-state index is 6.12. The highest BCUT2D eigenvalue weighted by Crippen LogP contribution is 2.39. The molecule has 0 radical (unpaired) electrons. The molecule has 2 heterocycles. The summed E-state index contributed by atoms with van der Waals surface area (Å²) >= 11 is 0. The van der Waals surface area contributed by atoms with Crippen molar-refractivity contribution in [2.75, 3.05) is 39.8 Å². The lowest BCUT2D eigenvalue weighted by Gasteiger charge is -2.45. The van der Waals surface area contributed by atoms with E-state index in [9.17, 15) is 0 Å². The predicted molar refractivity (Wildman–Crippen MR) is 81.4 cm³/mol. The molecule has 2 fully saturated rings. The molecule has 0 aliphatic carbocycles. The average molecular weight is 268 g/mol. The maximum atomic E-state index is 6.12. The van der Waals surface area contributed by atoms with Crippen molar-refractivity contribution >= 4 is 0 Å². The van der Waals surface area contributed by atoms with Gasteiger partial charge in [-0.15, -0.1) is 0 Å². The van der Waals surface area contributed by atoms with Crippen LogP contribution in [0.4, 0.5) is 0 Å². The van der Waals surface area contributed by atoms with Gasteiger partial charge >= 0.3 is 0 Å². The van der Waals surface area contributed by atoms with Gasteiger partial charge in [0.2, 0.25) is 0 Å². The first-order valence-corrected chi connectivity index (χ1v) is 8.03. The molecule has 0 aromatic heterocycles. The molecule has 2 unspecified atom stereocenters. The summed E-state index contributed by atoms with van der Waals surface area (Å²) in [5, 5.41) is 3.81. The first-order chi connectivity index (χ1) is 9.14. The molecule has 4 nitrogen and oxygen atoms in total. The van der Waals surface area contributed by atoms with Crippen LogP contribution in [0.1, 0.15) is 39.5 Å². The summed E-state index contributed by atoms with van der Waals surface area (Å²) in [6.07, 6.45) is 5.19. The van der Waals surface area contributed by atoms with E-state index in [2.05, 4.69) is 36.0 Å². The van der Waals surface area contributed by atoms with Crippen LogP contribution in [0, 0.1) is 0 Å². The van der Waals surface area contributed by atoms with E-state index < -0.39 is 0 Å². The van der Waals surface area contributed by atoms with E-state index in [0.717, 1.165) is 44.8 Å². The summed E-state index contributed by atoms with van der Waals surface area (Å²) in [4.78, 5) is 5.06. The Balaban J connectivity index is 1.86. The fraction of sp³-hybridized carbons (Fsp3) is 1.00. The summed E-state index contributed by atoms with van der Waals surface area (Å²) in [5.74, 6) is 0. The number of piperidine rings is 1. The van der Waals surface area contributed by atoms with Gasteiger partial charge in [-0.3, -0.25) is 0 Å². The molecule has 0 spiro atoms. The van der Waals surface area contributed by atoms with Crippen LogP contribution in [0.5, 0.6) is 0 Å². The number of rotatable bonds is 7. The van der Waals surface area contributed by atoms with E-state index in [0.29, 0.717) is 0 Å². The minimum Gasteiger partial charge on any atom is -0.329 e. The Kier molecular flexibility index (Phi) is 5.23. The topological polar surface area (TPSA) is 44.5 Å². The Morgan fingerprint density at radius 3 is 2.26 bits per heavy atom. The monoisotopic (exact) mass is 268 g/mol. The number of hydrogen-bond donors (Lipinski definition) is 2. The molecule has 2 atom stereocenters. The summed E-state index contributed by atoms with van der Waals surface area (Å²) < 4.78 is 0. The van der Waals surface area contributed by atoms with Gasteiger partial charge in [0.15, 0.2) is 0 Å². The highest BCUT2D eigenvalue weighted by molar-refractivity contribution is 5.05. The number of likely N-dealkylation sites (N-methyl/N-ethyl adjacent to an activating group) is 1. The lowest BCUT2D eigenvalue weighted by Crippen LogP contribution is -2.61. The van der Waals surface area contributed by atoms with Crippen molar-refractivity contribution in [2.45, 2.75) is 57.2 Å². The molecule has 19 heavy (non-hydrogen) atoms. The van der Waals surface area contributed by atoms with Crippen LogP contribution in [0.2, 0.25) is 0 Å². The Hall–Kier alpha value is -0.160. The van der Waals surface area contributed by atoms with Gasteiger partial charge in [-0.05, 0) is 45.8 Å². The molecule has 0 aromatic rings. The van der Waals surface area contributed by atoms with Crippen LogP contribution < -0.4 is 11.1 Å². The second kappa shape index (κ2) is 6.53. The third-order valence-electron chi connectivity index (χ3n) is 5.45. The zero-order valence-electron chi connectivity index (χ0n) is 13.0. The third kappa shape index (κ3) is 3.30. The molecule has 4 heteroatoms. The second-order valence-electron chi connectivity index (χ2n) is 6.40. The van der Waals surface area contributed by atoms with Gasteiger partial charge in [0, 0.05) is 37.3 Å². The van der Waals surface area contributed by atoms with Crippen LogP contribution in [-0.2, 0) is 0 Å². The lowest BCUT2D eigenvalue weighted by atomic mass is 9.83. The van der Waals surface area contributed by atoms with E-state index in [1.165, 1.54) is 25.7 Å². The Morgan fingerprint density at radius 2 is 1.79 bits per heavy atom. The fourth-order valence-corrected chi connectivity index (χ4v) is 3.97. The van der Waals surface area contributed by atoms with E-state index in [1.54, 1.807) is 0 Å². The zero-order chi connectivity index (χ0) is 13.9. The number of fused-ring (bicyclic) bond motifs is 2. The molecule has 0 amide bonds. The number of hydrogen-bond acceptors (Lipinski definition) is 4. The van der Waals surface area contributed by atoms with Crippen molar-refractivity contribution in [3.05, 3.63) is 0 Å². The summed E-state index contributed by atoms with van der Waals surface area (Å²) in [5.41, 5.74) is 6.32. The second-order valence-corrected chi connectivity index (χ2v) is 6.40. The van der Waals surface area contributed by atoms with Crippen molar-refractivity contribution < 1.29 is 0 Å². The minimum absolute atomic E-state index is 0.200. The fourth-order valence-electron chi connectivity index (χ4n) is 3.97. The first-order valence-electron chi connectivity index (χ1n) is 8.03. The van der Waals surface area contributed by atoms with Crippen molar-refractivity contribution in [1.29, 1.82) is 0 Å². The van der Waals surface area contributed by atoms with Gasteiger partial charge in [-0.2, -0.15) is 0 Å². The Bertz CT molecular complexity index is 263. The number of nitrogens with two attached hydrogens (primary N) is 1. The van der Waals surface area contributed by atoms with E-state index in [-0.39, 0.29) is 5.54 Å². The van der Waals surface area contributed by atoms with Crippen molar-refractivity contribution in [1.82, 2.24) is 15.1 Å². The smallest absolute Gasteiger partial charge is 0.0334 e. The molecule has 2 saturated heterocycles. The molecular weight excluding hydrogens is 236 g/mol. The van der Waals surface area contributed by atoms with Crippen LogP contribution in [-0.4, -0.2) is 67.2 Å². The van der Waals surface area contributed by atoms with Gasteiger partial charge < -0.3 is 20.9 Å². The summed E-state index contributed by atoms with van der Waals surface area (Å²) in [6.45, 7) is 9.74. The normalized spacial score (nSPS) is 35.2. The molecule has 2 aliphatic heterocycles. The van der Waals surface area contributed by atoms with Gasteiger partial charge in [-0.25, -0.2) is 0 Å². The van der Waals surface area contributed by atoms with Gasteiger partial charge in [-0.1, -0.05) is 13.8 Å². The van der Waals surface area contributed by atoms with Gasteiger partial charge in [0.1, 0.15) is 0 Å². The zero-order valence-corrected chi connectivity index (χ0v) is 13.0. The summed E-state index contributed by atoms with van der Waals surface area (Å²) in [7, 11) is 2.29. The highest BCUT2D eigenvalue weighted by Gasteiger charge is 2.45. The molecule has 0 aromatic carbocycles. The SMILES string of the molecule is CCN(CC)CCNC1(CN)CC2CCC(C1)N2C. The van der Waals surface area contributed by atoms with Crippen molar-refractivity contribution in [2.24, 2.45) is 5.73 Å². The molecule has 2 aliphatic rings. The predicted octanol–water partition coefficient (Wildman–Crippen LogP) is 0.872. The van der Waals surface area contributed by atoms with Crippen LogP contribution in [0.25, 0.3) is 0 Å². The molecule has 112 valence electrons. The Morgan fingerprint density at radius 1 is 1.21 bits per heavy atom. The third-order valence-corrected chi connectivity index (χ3v) is 5.45. The highest BCUT2D eigenvalue weighted by atomic mass is 15.2. The Labute approximate surface area is 118 Å². The average Bonchev–Trinajstić information content (AvgIpc) is 2.67. The maximum Gasteiger partial charge on any atom is 0.0334 e. The van der Waals surface area contributed by atoms with Crippen molar-refractivity contribution in [3.8, 4) is 0 Å². The lowest BCUT2D eigenvalue weighted by molar-refractivity contribution is 0.0924. The molecule has 2 bridgehead atoms. The largest absolute Gasteiger partial charge is 0.329 e. The van der Waals surface area contributed by atoms with Gasteiger partial charge in [0.05, 0.1) is 0 Å². The van der Waals surface area contributed by atoms with E-state index in [4.69, 9.17) is 5.73 Å². The van der Waals surface area contributed by atoms with Crippen molar-refractivity contribution in [3.63, 3.8) is 0 Å². The van der Waals surface area contributed by atoms with E-state index >= 15 is 0 Å². The van der Waals surface area contributed by atoms with E-state index in [1.807, 2.05) is 0 Å². The quantitative estimate of drug-likeness (QED) is 0.719. The molecule has 2 rings (SSSR count). The number of nitrogens with one attached hydrogen (secondary N) is 1. The van der Waals surface area contributed by atoms with Crippen LogP contribution >= 0.6 is 0 Å². The number of nitrogens with zero attached hydrogens (tertiary/aromatic N) is 2. The van der Waals surface area contributed by atoms with Gasteiger partial charge in [0.25, 0.3) is 0 Å². The van der Waals surface area contributed by atoms with Crippen LogP contribution in [0.3, 0.4) is 0 Å². The van der Waals surface area contributed by atoms with Crippen LogP contribution in [0.15, 0.2) is 0 Å². The minimum atomic E-state index is 0.200. The summed E-state index contributed by atoms with van der Waals surface area (Å²) in [6, 6.07) is 1.51. The molecule has 3 N–H and O–H groups in total.